The van der Waals surface area contributed by atoms with E-state index in [0.717, 1.165) is 4.90 Å². The van der Waals surface area contributed by atoms with Crippen LogP contribution in [0.5, 0.6) is 5.75 Å². The number of hydrogen-bond donors (Lipinski definition) is 2. The molecule has 0 aliphatic heterocycles. The third kappa shape index (κ3) is 4.36. The Morgan fingerprint density at radius 3 is 2.45 bits per heavy atom. The number of rotatable bonds is 5. The third-order valence-corrected chi connectivity index (χ3v) is 4.16. The van der Waals surface area contributed by atoms with E-state index >= 15 is 0 Å². The lowest BCUT2D eigenvalue weighted by Gasteiger charge is -2.10. The fourth-order valence-corrected chi connectivity index (χ4v) is 2.71. The average molecular weight is 314 g/mol. The van der Waals surface area contributed by atoms with E-state index in [4.69, 9.17) is 0 Å². The van der Waals surface area contributed by atoms with Crippen LogP contribution in [-0.2, 0) is 4.79 Å². The lowest BCUT2D eigenvalue weighted by atomic mass is 10.1. The van der Waals surface area contributed by atoms with Crippen molar-refractivity contribution in [3.05, 3.63) is 60.2 Å². The van der Waals surface area contributed by atoms with Gasteiger partial charge < -0.3 is 5.11 Å². The van der Waals surface area contributed by atoms with Crippen LogP contribution in [0.15, 0.2) is 64.6 Å². The molecule has 0 fully saturated rings. The predicted octanol–water partition coefficient (Wildman–Crippen LogP) is 3.41. The van der Waals surface area contributed by atoms with Crippen LogP contribution in [-0.4, -0.2) is 22.0 Å². The molecule has 0 spiro atoms. The van der Waals surface area contributed by atoms with Crippen molar-refractivity contribution >= 4 is 23.4 Å². The summed E-state index contributed by atoms with van der Waals surface area (Å²) in [7, 11) is 0. The normalized spacial score (nSPS) is 12.7. The highest BCUT2D eigenvalue weighted by atomic mass is 32.2. The Hall–Kier alpha value is -2.27. The molecule has 0 bridgehead atoms. The van der Waals surface area contributed by atoms with Gasteiger partial charge in [0, 0.05) is 10.5 Å². The summed E-state index contributed by atoms with van der Waals surface area (Å²) in [6, 6.07) is 16.6. The Morgan fingerprint density at radius 1 is 1.14 bits per heavy atom. The smallest absolute Gasteiger partial charge is 0.253 e. The second kappa shape index (κ2) is 7.66. The molecule has 0 heterocycles. The third-order valence-electron chi connectivity index (χ3n) is 3.05. The van der Waals surface area contributed by atoms with Gasteiger partial charge in [0.1, 0.15) is 5.75 Å². The first-order chi connectivity index (χ1) is 10.6. The zero-order chi connectivity index (χ0) is 15.9. The second-order valence-electron chi connectivity index (χ2n) is 4.76. The lowest BCUT2D eigenvalue weighted by molar-refractivity contribution is -0.120. The first-order valence-corrected chi connectivity index (χ1v) is 7.80. The predicted molar refractivity (Wildman–Crippen MR) is 90.2 cm³/mol. The van der Waals surface area contributed by atoms with E-state index in [0.29, 0.717) is 11.3 Å². The van der Waals surface area contributed by atoms with Gasteiger partial charge in [-0.15, -0.1) is 11.8 Å². The van der Waals surface area contributed by atoms with Crippen molar-refractivity contribution in [2.24, 2.45) is 5.10 Å². The number of nitrogens with one attached hydrogen (secondary N) is 1. The van der Waals surface area contributed by atoms with E-state index < -0.39 is 0 Å². The summed E-state index contributed by atoms with van der Waals surface area (Å²) in [5.41, 5.74) is 3.71. The minimum Gasteiger partial charge on any atom is -0.507 e. The second-order valence-corrected chi connectivity index (χ2v) is 6.18. The van der Waals surface area contributed by atoms with E-state index in [1.165, 1.54) is 11.8 Å². The summed E-state index contributed by atoms with van der Waals surface area (Å²) >= 11 is 1.47. The number of para-hydroxylation sites is 1. The van der Waals surface area contributed by atoms with Gasteiger partial charge in [-0.05, 0) is 38.1 Å². The highest BCUT2D eigenvalue weighted by Gasteiger charge is 2.14. The number of carbonyl (C=O) groups excluding carboxylic acids is 1. The van der Waals surface area contributed by atoms with Crippen molar-refractivity contribution in [3.63, 3.8) is 0 Å². The molecule has 0 aromatic heterocycles. The molecule has 114 valence electrons. The molecule has 1 atom stereocenters. The highest BCUT2D eigenvalue weighted by Crippen LogP contribution is 2.22. The number of phenolic OH excluding ortho intramolecular Hbond substituents is 1. The number of phenols is 1. The van der Waals surface area contributed by atoms with E-state index in [9.17, 15) is 9.90 Å². The van der Waals surface area contributed by atoms with Crippen LogP contribution in [0.3, 0.4) is 0 Å². The van der Waals surface area contributed by atoms with Gasteiger partial charge in [0.05, 0.1) is 11.0 Å². The van der Waals surface area contributed by atoms with Crippen molar-refractivity contribution in [2.75, 3.05) is 0 Å². The maximum Gasteiger partial charge on any atom is 0.253 e. The maximum absolute atomic E-state index is 12.1. The van der Waals surface area contributed by atoms with Gasteiger partial charge in [-0.25, -0.2) is 5.43 Å². The van der Waals surface area contributed by atoms with Crippen LogP contribution in [0.1, 0.15) is 19.4 Å². The number of benzene rings is 2. The number of carbonyl (C=O) groups is 1. The van der Waals surface area contributed by atoms with Crippen molar-refractivity contribution in [2.45, 2.75) is 24.0 Å². The Kier molecular flexibility index (Phi) is 5.61. The molecular weight excluding hydrogens is 296 g/mol. The summed E-state index contributed by atoms with van der Waals surface area (Å²) in [5, 5.41) is 13.6. The molecule has 2 aromatic carbocycles. The number of hydrogen-bond acceptors (Lipinski definition) is 4. The van der Waals surface area contributed by atoms with E-state index in [2.05, 4.69) is 10.5 Å². The van der Waals surface area contributed by atoms with Crippen LogP contribution in [0, 0.1) is 0 Å². The molecule has 2 rings (SSSR count). The minimum atomic E-state index is -0.261. The number of hydrazone groups is 1. The van der Waals surface area contributed by atoms with Crippen LogP contribution in [0.25, 0.3) is 0 Å². The average Bonchev–Trinajstić information content (AvgIpc) is 2.53. The van der Waals surface area contributed by atoms with E-state index in [1.54, 1.807) is 25.1 Å². The summed E-state index contributed by atoms with van der Waals surface area (Å²) in [5.74, 6) is -0.0340. The molecule has 22 heavy (non-hydrogen) atoms. The molecular formula is C17H18N2O2S. The monoisotopic (exact) mass is 314 g/mol. The van der Waals surface area contributed by atoms with Crippen LogP contribution in [0.2, 0.25) is 0 Å². The molecule has 5 heteroatoms. The number of aromatic hydroxyl groups is 1. The standard InChI is InChI=1S/C17H18N2O2S/c1-12(15-10-6-7-11-16(15)20)18-19-17(21)13(2)22-14-8-4-3-5-9-14/h3-11,13,20H,1-2H3,(H,19,21)/b18-12-/t13-/m0/s1. The molecule has 0 aliphatic rings. The topological polar surface area (TPSA) is 61.7 Å². The summed E-state index contributed by atoms with van der Waals surface area (Å²) in [6.45, 7) is 3.57. The largest absolute Gasteiger partial charge is 0.507 e. The zero-order valence-corrected chi connectivity index (χ0v) is 13.3. The molecule has 2 N–H and O–H groups in total. The number of amides is 1. The van der Waals surface area contributed by atoms with Crippen molar-refractivity contribution in [1.82, 2.24) is 5.43 Å². The molecule has 0 unspecified atom stereocenters. The number of thioether (sulfide) groups is 1. The molecule has 0 saturated carbocycles. The first-order valence-electron chi connectivity index (χ1n) is 6.92. The Labute approximate surface area is 134 Å². The molecule has 0 saturated heterocycles. The highest BCUT2D eigenvalue weighted by molar-refractivity contribution is 8.00. The van der Waals surface area contributed by atoms with Gasteiger partial charge in [-0.3, -0.25) is 4.79 Å². The summed E-state index contributed by atoms with van der Waals surface area (Å²) < 4.78 is 0. The molecule has 0 aliphatic carbocycles. The lowest BCUT2D eigenvalue weighted by Crippen LogP contribution is -2.27. The van der Waals surface area contributed by atoms with Gasteiger partial charge in [-0.2, -0.15) is 5.10 Å². The number of nitrogens with zero attached hydrogens (tertiary/aromatic N) is 1. The van der Waals surface area contributed by atoms with Crippen molar-refractivity contribution in [1.29, 1.82) is 0 Å². The Morgan fingerprint density at radius 2 is 1.77 bits per heavy atom. The van der Waals surface area contributed by atoms with Crippen LogP contribution >= 0.6 is 11.8 Å². The van der Waals surface area contributed by atoms with E-state index in [-0.39, 0.29) is 16.9 Å². The first kappa shape index (κ1) is 16.1. The van der Waals surface area contributed by atoms with Gasteiger partial charge in [0.2, 0.25) is 0 Å². The van der Waals surface area contributed by atoms with E-state index in [1.807, 2.05) is 43.3 Å². The SMILES string of the molecule is C/C(=N/NC(=O)[C@H](C)Sc1ccccc1)c1ccccc1O. The Bertz CT molecular complexity index is 671. The quantitative estimate of drug-likeness (QED) is 0.505. The minimum absolute atomic E-state index is 0.143. The Balaban J connectivity index is 1.97. The molecule has 4 nitrogen and oxygen atoms in total. The molecule has 1 amide bonds. The van der Waals surface area contributed by atoms with Gasteiger partial charge >= 0.3 is 0 Å². The van der Waals surface area contributed by atoms with Gasteiger partial charge in [0.25, 0.3) is 5.91 Å². The van der Waals surface area contributed by atoms with Gasteiger partial charge in [-0.1, -0.05) is 30.3 Å². The zero-order valence-electron chi connectivity index (χ0n) is 12.5. The maximum atomic E-state index is 12.1. The van der Waals surface area contributed by atoms with Gasteiger partial charge in [0.15, 0.2) is 0 Å². The van der Waals surface area contributed by atoms with Crippen LogP contribution in [0.4, 0.5) is 0 Å². The van der Waals surface area contributed by atoms with Crippen molar-refractivity contribution in [3.8, 4) is 5.75 Å². The fraction of sp³-hybridized carbons (Fsp3) is 0.176. The van der Waals surface area contributed by atoms with Crippen molar-refractivity contribution < 1.29 is 9.90 Å². The summed E-state index contributed by atoms with van der Waals surface area (Å²) in [6.07, 6.45) is 0. The summed E-state index contributed by atoms with van der Waals surface area (Å²) in [4.78, 5) is 13.1. The van der Waals surface area contributed by atoms with Crippen LogP contribution < -0.4 is 5.43 Å². The fourth-order valence-electron chi connectivity index (χ4n) is 1.83. The molecule has 2 aromatic rings. The molecule has 0 radical (unpaired) electrons.